The maximum Gasteiger partial charge on any atom is 0.338 e. The van der Waals surface area contributed by atoms with E-state index in [-0.39, 0.29) is 18.0 Å². The first kappa shape index (κ1) is 14.1. The zero-order chi connectivity index (χ0) is 16.1. The zero-order valence-electron chi connectivity index (χ0n) is 12.9. The number of esters is 2. The minimum absolute atomic E-state index is 0.0397. The molecule has 0 bridgehead atoms. The molecule has 0 radical (unpaired) electrons. The highest BCUT2D eigenvalue weighted by atomic mass is 16.7. The summed E-state index contributed by atoms with van der Waals surface area (Å²) < 4.78 is 16.3. The average molecular weight is 312 g/mol. The van der Waals surface area contributed by atoms with Gasteiger partial charge in [-0.25, -0.2) is 9.59 Å². The first-order valence-corrected chi connectivity index (χ1v) is 7.60. The molecule has 4 rings (SSSR count). The van der Waals surface area contributed by atoms with Crippen molar-refractivity contribution in [3.8, 4) is 0 Å². The van der Waals surface area contributed by atoms with Gasteiger partial charge in [0, 0.05) is 17.6 Å². The summed E-state index contributed by atoms with van der Waals surface area (Å²) in [7, 11) is 0. The van der Waals surface area contributed by atoms with Crippen molar-refractivity contribution in [2.45, 2.75) is 32.7 Å². The lowest BCUT2D eigenvalue weighted by molar-refractivity contribution is -0.153. The van der Waals surface area contributed by atoms with Gasteiger partial charge in [-0.3, -0.25) is 0 Å². The van der Waals surface area contributed by atoms with Crippen molar-refractivity contribution in [1.82, 2.24) is 0 Å². The number of cyclic esters (lactones) is 1. The number of carbonyl (C=O) groups excluding carboxylic acids is 2. The van der Waals surface area contributed by atoms with E-state index in [1.54, 1.807) is 19.9 Å². The largest absolute Gasteiger partial charge is 0.455 e. The van der Waals surface area contributed by atoms with Crippen LogP contribution in [0.2, 0.25) is 0 Å². The van der Waals surface area contributed by atoms with E-state index < -0.39 is 12.3 Å². The van der Waals surface area contributed by atoms with Crippen molar-refractivity contribution in [3.63, 3.8) is 0 Å². The van der Waals surface area contributed by atoms with Gasteiger partial charge in [0.25, 0.3) is 6.29 Å². The molecule has 1 aromatic rings. The van der Waals surface area contributed by atoms with Crippen LogP contribution >= 0.6 is 0 Å². The Balaban J connectivity index is 1.62. The van der Waals surface area contributed by atoms with Crippen molar-refractivity contribution in [2.75, 3.05) is 0 Å². The summed E-state index contributed by atoms with van der Waals surface area (Å²) in [4.78, 5) is 23.7. The normalized spacial score (nSPS) is 30.3. The number of fused-ring (bicyclic) bond motifs is 3. The topological polar surface area (TPSA) is 61.8 Å². The molecule has 1 saturated heterocycles. The summed E-state index contributed by atoms with van der Waals surface area (Å²) in [5.74, 6) is -0.328. The van der Waals surface area contributed by atoms with E-state index >= 15 is 0 Å². The third kappa shape index (κ3) is 2.15. The van der Waals surface area contributed by atoms with E-state index in [1.807, 2.05) is 18.2 Å². The molecule has 3 unspecified atom stereocenters. The molecule has 3 aliphatic rings. The highest BCUT2D eigenvalue weighted by molar-refractivity contribution is 5.93. The van der Waals surface area contributed by atoms with Crippen LogP contribution in [-0.2, 0) is 30.2 Å². The predicted molar refractivity (Wildman–Crippen MR) is 79.9 cm³/mol. The summed E-state index contributed by atoms with van der Waals surface area (Å²) in [6, 6.07) is 7.99. The molecular weight excluding hydrogens is 296 g/mol. The second-order valence-electron chi connectivity index (χ2n) is 6.05. The molecule has 2 heterocycles. The Labute approximate surface area is 133 Å². The number of benzene rings is 1. The molecule has 1 aromatic carbocycles. The van der Waals surface area contributed by atoms with E-state index in [0.717, 1.165) is 12.0 Å². The monoisotopic (exact) mass is 312 g/mol. The number of hydrogen-bond acceptors (Lipinski definition) is 5. The van der Waals surface area contributed by atoms with Crippen LogP contribution in [0.4, 0.5) is 0 Å². The first-order valence-electron chi connectivity index (χ1n) is 7.60. The second-order valence-corrected chi connectivity index (χ2v) is 6.05. The molecular formula is C18H16O5. The van der Waals surface area contributed by atoms with Crippen LogP contribution in [-0.4, -0.2) is 18.2 Å². The van der Waals surface area contributed by atoms with Crippen LogP contribution < -0.4 is 0 Å². The van der Waals surface area contributed by atoms with Gasteiger partial charge in [0.05, 0.1) is 5.57 Å². The zero-order valence-corrected chi connectivity index (χ0v) is 12.9. The van der Waals surface area contributed by atoms with Gasteiger partial charge in [-0.15, -0.1) is 0 Å². The third-order valence-electron chi connectivity index (χ3n) is 4.60. The van der Waals surface area contributed by atoms with E-state index in [9.17, 15) is 9.59 Å². The second kappa shape index (κ2) is 4.98. The Morgan fingerprint density at radius 1 is 1.17 bits per heavy atom. The van der Waals surface area contributed by atoms with Gasteiger partial charge in [0.2, 0.25) is 0 Å². The fourth-order valence-corrected chi connectivity index (χ4v) is 3.49. The summed E-state index contributed by atoms with van der Waals surface area (Å²) in [5.41, 5.74) is 3.31. The summed E-state index contributed by atoms with van der Waals surface area (Å²) in [6.45, 7) is 3.39. The lowest BCUT2D eigenvalue weighted by Crippen LogP contribution is -2.15. The van der Waals surface area contributed by atoms with Crippen LogP contribution in [0.1, 0.15) is 31.1 Å². The standard InChI is InChI=1S/C18H16O5/c1-9-7-14(22-17(9)19)21-10(2)15-13-8-11-5-3-4-6-12(11)16(13)23-18(15)20/h3-7,13-14,16H,8H2,1-2H3/b15-10+. The summed E-state index contributed by atoms with van der Waals surface area (Å²) in [6.07, 6.45) is 1.34. The van der Waals surface area contributed by atoms with Gasteiger partial charge >= 0.3 is 11.9 Å². The molecule has 118 valence electrons. The van der Waals surface area contributed by atoms with Crippen LogP contribution in [0, 0.1) is 5.92 Å². The molecule has 0 saturated carbocycles. The van der Waals surface area contributed by atoms with E-state index in [1.165, 1.54) is 5.56 Å². The molecule has 0 aromatic heterocycles. The molecule has 2 aliphatic heterocycles. The van der Waals surface area contributed by atoms with Gasteiger partial charge in [-0.05, 0) is 31.4 Å². The Hall–Kier alpha value is -2.56. The van der Waals surface area contributed by atoms with Crippen molar-refractivity contribution in [3.05, 3.63) is 58.4 Å². The quantitative estimate of drug-likeness (QED) is 0.477. The Morgan fingerprint density at radius 3 is 2.70 bits per heavy atom. The van der Waals surface area contributed by atoms with Crippen LogP contribution in [0.25, 0.3) is 0 Å². The van der Waals surface area contributed by atoms with Gasteiger partial charge in [-0.1, -0.05) is 24.3 Å². The van der Waals surface area contributed by atoms with Gasteiger partial charge < -0.3 is 14.2 Å². The minimum atomic E-state index is -0.773. The van der Waals surface area contributed by atoms with Gasteiger partial charge in [0.15, 0.2) is 0 Å². The summed E-state index contributed by atoms with van der Waals surface area (Å²) >= 11 is 0. The van der Waals surface area contributed by atoms with Crippen molar-refractivity contribution < 1.29 is 23.8 Å². The fraction of sp³-hybridized carbons (Fsp3) is 0.333. The van der Waals surface area contributed by atoms with Crippen LogP contribution in [0.3, 0.4) is 0 Å². The van der Waals surface area contributed by atoms with E-state index in [4.69, 9.17) is 14.2 Å². The highest BCUT2D eigenvalue weighted by Gasteiger charge is 2.47. The molecule has 0 N–H and O–H groups in total. The molecule has 5 heteroatoms. The summed E-state index contributed by atoms with van der Waals surface area (Å²) in [5, 5.41) is 0. The van der Waals surface area contributed by atoms with Gasteiger partial charge in [-0.2, -0.15) is 0 Å². The highest BCUT2D eigenvalue weighted by Crippen LogP contribution is 2.48. The predicted octanol–water partition coefficient (Wildman–Crippen LogP) is 2.58. The van der Waals surface area contributed by atoms with Crippen molar-refractivity contribution in [2.24, 2.45) is 5.92 Å². The average Bonchev–Trinajstić information content (AvgIpc) is 3.11. The molecule has 0 amide bonds. The number of hydrogen-bond donors (Lipinski definition) is 0. The third-order valence-corrected chi connectivity index (χ3v) is 4.60. The number of rotatable bonds is 2. The Bertz CT molecular complexity index is 773. The molecule has 5 nitrogen and oxygen atoms in total. The molecule has 3 atom stereocenters. The fourth-order valence-electron chi connectivity index (χ4n) is 3.49. The van der Waals surface area contributed by atoms with E-state index in [0.29, 0.717) is 16.9 Å². The first-order chi connectivity index (χ1) is 11.0. The smallest absolute Gasteiger partial charge is 0.338 e. The van der Waals surface area contributed by atoms with E-state index in [2.05, 4.69) is 6.07 Å². The maximum atomic E-state index is 12.3. The molecule has 23 heavy (non-hydrogen) atoms. The Morgan fingerprint density at radius 2 is 1.96 bits per heavy atom. The minimum Gasteiger partial charge on any atom is -0.455 e. The Kier molecular flexibility index (Phi) is 3.04. The number of ether oxygens (including phenoxy) is 3. The van der Waals surface area contributed by atoms with Crippen LogP contribution in [0.15, 0.2) is 47.2 Å². The maximum absolute atomic E-state index is 12.3. The molecule has 1 aliphatic carbocycles. The van der Waals surface area contributed by atoms with Gasteiger partial charge in [0.1, 0.15) is 11.9 Å². The van der Waals surface area contributed by atoms with Crippen LogP contribution in [0.5, 0.6) is 0 Å². The van der Waals surface area contributed by atoms with Crippen molar-refractivity contribution >= 4 is 11.9 Å². The lowest BCUT2D eigenvalue weighted by Gasteiger charge is -2.15. The van der Waals surface area contributed by atoms with Crippen molar-refractivity contribution in [1.29, 1.82) is 0 Å². The SMILES string of the molecule is CC1=CC(O/C(C)=C2/C(=O)OC3c4ccccc4CC23)OC1=O. The number of carbonyl (C=O) groups is 2. The molecule has 0 spiro atoms. The molecule has 1 fully saturated rings. The lowest BCUT2D eigenvalue weighted by atomic mass is 9.96. The number of allylic oxidation sites excluding steroid dienone is 1.